The van der Waals surface area contributed by atoms with E-state index < -0.39 is 0 Å². The smallest absolute Gasteiger partial charge is 0.254 e. The normalized spacial score (nSPS) is 31.1. The molecule has 0 aromatic carbocycles. The van der Waals surface area contributed by atoms with Crippen molar-refractivity contribution in [2.75, 3.05) is 13.1 Å². The monoisotopic (exact) mass is 314 g/mol. The van der Waals surface area contributed by atoms with E-state index >= 15 is 0 Å². The minimum absolute atomic E-state index is 0.0785. The zero-order chi connectivity index (χ0) is 16.1. The summed E-state index contributed by atoms with van der Waals surface area (Å²) >= 11 is 0. The number of allylic oxidation sites excluding steroid dienone is 2. The van der Waals surface area contributed by atoms with Crippen molar-refractivity contribution in [2.45, 2.75) is 13.3 Å². The lowest BCUT2D eigenvalue weighted by Gasteiger charge is -2.17. The maximum atomic E-state index is 12.5. The lowest BCUT2D eigenvalue weighted by atomic mass is 9.85. The topological polar surface area (TPSA) is 79.6 Å². The largest absolute Gasteiger partial charge is 0.469 e. The third-order valence-electron chi connectivity index (χ3n) is 5.18. The van der Waals surface area contributed by atoms with Gasteiger partial charge in [-0.25, -0.2) is 0 Å². The molecule has 1 saturated carbocycles. The molecule has 3 aliphatic rings. The van der Waals surface area contributed by atoms with E-state index in [0.29, 0.717) is 11.3 Å². The van der Waals surface area contributed by atoms with Crippen LogP contribution < -0.4 is 5.32 Å². The van der Waals surface area contributed by atoms with E-state index in [0.717, 1.165) is 6.42 Å². The van der Waals surface area contributed by atoms with Crippen LogP contribution in [-0.4, -0.2) is 35.7 Å². The van der Waals surface area contributed by atoms with Gasteiger partial charge in [0.25, 0.3) is 5.91 Å². The highest BCUT2D eigenvalue weighted by Gasteiger charge is 2.58. The first kappa shape index (κ1) is 14.2. The number of nitrogens with zero attached hydrogens (tertiary/aromatic N) is 1. The summed E-state index contributed by atoms with van der Waals surface area (Å²) < 4.78 is 5.09. The van der Waals surface area contributed by atoms with Gasteiger partial charge in [-0.15, -0.1) is 0 Å². The van der Waals surface area contributed by atoms with Crippen molar-refractivity contribution in [1.29, 1.82) is 0 Å². The van der Waals surface area contributed by atoms with Crippen LogP contribution in [0.3, 0.4) is 0 Å². The van der Waals surface area contributed by atoms with Crippen molar-refractivity contribution >= 4 is 17.7 Å². The Labute approximate surface area is 133 Å². The Morgan fingerprint density at radius 3 is 2.48 bits per heavy atom. The second kappa shape index (κ2) is 5.08. The first-order valence-electron chi connectivity index (χ1n) is 7.93. The fourth-order valence-corrected chi connectivity index (χ4v) is 4.13. The van der Waals surface area contributed by atoms with E-state index in [1.165, 1.54) is 11.2 Å². The molecule has 1 N–H and O–H groups in total. The fraction of sp³-hybridized carbons (Fsp3) is 0.471. The van der Waals surface area contributed by atoms with Crippen LogP contribution in [0.25, 0.3) is 0 Å². The molecule has 2 heterocycles. The maximum Gasteiger partial charge on any atom is 0.254 e. The fourth-order valence-electron chi connectivity index (χ4n) is 4.13. The second-order valence-electron chi connectivity index (χ2n) is 6.53. The van der Waals surface area contributed by atoms with Gasteiger partial charge in [-0.1, -0.05) is 12.2 Å². The van der Waals surface area contributed by atoms with Gasteiger partial charge in [0, 0.05) is 13.1 Å². The highest BCUT2D eigenvalue weighted by Crippen LogP contribution is 2.52. The van der Waals surface area contributed by atoms with Crippen molar-refractivity contribution in [3.8, 4) is 0 Å². The molecule has 1 aromatic rings. The minimum Gasteiger partial charge on any atom is -0.469 e. The number of aryl methyl sites for hydroxylation is 1. The molecule has 6 heteroatoms. The van der Waals surface area contributed by atoms with Crippen molar-refractivity contribution in [2.24, 2.45) is 23.7 Å². The zero-order valence-corrected chi connectivity index (χ0v) is 12.8. The van der Waals surface area contributed by atoms with Crippen LogP contribution in [0.15, 0.2) is 28.9 Å². The second-order valence-corrected chi connectivity index (χ2v) is 6.53. The van der Waals surface area contributed by atoms with Crippen molar-refractivity contribution in [3.05, 3.63) is 35.8 Å². The number of hydrogen-bond acceptors (Lipinski definition) is 4. The predicted molar refractivity (Wildman–Crippen MR) is 80.2 cm³/mol. The van der Waals surface area contributed by atoms with Crippen LogP contribution in [0.5, 0.6) is 0 Å². The van der Waals surface area contributed by atoms with Crippen LogP contribution in [0, 0.1) is 30.6 Å². The quantitative estimate of drug-likeness (QED) is 0.667. The first-order valence-corrected chi connectivity index (χ1v) is 7.93. The molecule has 1 aromatic heterocycles. The molecule has 6 nitrogen and oxygen atoms in total. The molecular weight excluding hydrogens is 296 g/mol. The Balaban J connectivity index is 1.36. The Morgan fingerprint density at radius 1 is 1.26 bits per heavy atom. The Bertz CT molecular complexity index is 690. The minimum atomic E-state index is -0.261. The predicted octanol–water partition coefficient (Wildman–Crippen LogP) is 1.12. The van der Waals surface area contributed by atoms with Crippen LogP contribution in [0.2, 0.25) is 0 Å². The average Bonchev–Trinajstić information content (AvgIpc) is 3.27. The van der Waals surface area contributed by atoms with Gasteiger partial charge in [0.05, 0.1) is 17.4 Å². The van der Waals surface area contributed by atoms with E-state index in [1.807, 2.05) is 0 Å². The summed E-state index contributed by atoms with van der Waals surface area (Å²) in [6.45, 7) is 2.24. The number of rotatable bonds is 4. The number of carbonyl (C=O) groups is 3. The molecule has 4 atom stereocenters. The Kier molecular flexibility index (Phi) is 3.14. The number of amides is 3. The zero-order valence-electron chi connectivity index (χ0n) is 12.8. The standard InChI is InChI=1S/C17H18N2O4/c1-9-6-12(8-23-9)15(20)18-4-5-19-16(21)13-10-2-3-11(7-10)14(13)17(19)22/h2-3,6,8,10-11,13-14H,4-5,7H2,1H3,(H,18,20). The number of furan rings is 1. The number of fused-ring (bicyclic) bond motifs is 5. The summed E-state index contributed by atoms with van der Waals surface area (Å²) in [5, 5.41) is 2.72. The molecule has 2 aliphatic carbocycles. The maximum absolute atomic E-state index is 12.5. The van der Waals surface area contributed by atoms with Gasteiger partial charge < -0.3 is 9.73 Å². The van der Waals surface area contributed by atoms with Crippen LogP contribution >= 0.6 is 0 Å². The lowest BCUT2D eigenvalue weighted by molar-refractivity contribution is -0.140. The summed E-state index contributed by atoms with van der Waals surface area (Å²) in [5.74, 6) is 0.327. The van der Waals surface area contributed by atoms with Gasteiger partial charge in [0.15, 0.2) is 0 Å². The Hall–Kier alpha value is -2.37. The molecule has 2 bridgehead atoms. The highest BCUT2D eigenvalue weighted by molar-refractivity contribution is 6.06. The third kappa shape index (κ3) is 2.12. The first-order chi connectivity index (χ1) is 11.1. The van der Waals surface area contributed by atoms with Gasteiger partial charge >= 0.3 is 0 Å². The van der Waals surface area contributed by atoms with E-state index in [9.17, 15) is 14.4 Å². The summed E-state index contributed by atoms with van der Waals surface area (Å²) in [4.78, 5) is 38.2. The number of carbonyl (C=O) groups excluding carboxylic acids is 3. The molecule has 4 unspecified atom stereocenters. The Morgan fingerprint density at radius 2 is 1.91 bits per heavy atom. The molecule has 0 spiro atoms. The third-order valence-corrected chi connectivity index (χ3v) is 5.18. The molecule has 1 saturated heterocycles. The molecule has 2 fully saturated rings. The van der Waals surface area contributed by atoms with Gasteiger partial charge in [0.2, 0.25) is 11.8 Å². The van der Waals surface area contributed by atoms with E-state index in [1.54, 1.807) is 13.0 Å². The van der Waals surface area contributed by atoms with E-state index in [2.05, 4.69) is 17.5 Å². The molecule has 120 valence electrons. The molecule has 3 amide bonds. The van der Waals surface area contributed by atoms with Crippen molar-refractivity contribution in [1.82, 2.24) is 10.2 Å². The number of likely N-dealkylation sites (tertiary alicyclic amines) is 1. The molecule has 1 aliphatic heterocycles. The number of nitrogens with one attached hydrogen (secondary N) is 1. The van der Waals surface area contributed by atoms with Gasteiger partial charge in [-0.2, -0.15) is 0 Å². The lowest BCUT2D eigenvalue weighted by Crippen LogP contribution is -2.39. The average molecular weight is 314 g/mol. The van der Waals surface area contributed by atoms with E-state index in [-0.39, 0.29) is 54.5 Å². The van der Waals surface area contributed by atoms with E-state index in [4.69, 9.17) is 4.42 Å². The molecule has 4 rings (SSSR count). The summed E-state index contributed by atoms with van der Waals surface area (Å²) in [7, 11) is 0. The van der Waals surface area contributed by atoms with Gasteiger partial charge in [-0.05, 0) is 31.2 Å². The number of imide groups is 1. The van der Waals surface area contributed by atoms with Crippen molar-refractivity contribution in [3.63, 3.8) is 0 Å². The molecular formula is C17H18N2O4. The highest BCUT2D eigenvalue weighted by atomic mass is 16.3. The van der Waals surface area contributed by atoms with Crippen molar-refractivity contribution < 1.29 is 18.8 Å². The van der Waals surface area contributed by atoms with Crippen LogP contribution in [0.4, 0.5) is 0 Å². The summed E-state index contributed by atoms with van der Waals surface area (Å²) in [6, 6.07) is 1.65. The summed E-state index contributed by atoms with van der Waals surface area (Å²) in [6.07, 6.45) is 6.47. The van der Waals surface area contributed by atoms with Gasteiger partial charge in [0.1, 0.15) is 12.0 Å². The molecule has 0 radical (unpaired) electrons. The van der Waals surface area contributed by atoms with Gasteiger partial charge in [-0.3, -0.25) is 19.3 Å². The van der Waals surface area contributed by atoms with Crippen LogP contribution in [-0.2, 0) is 9.59 Å². The molecule has 23 heavy (non-hydrogen) atoms. The van der Waals surface area contributed by atoms with Crippen LogP contribution in [0.1, 0.15) is 22.5 Å². The summed E-state index contributed by atoms with van der Waals surface area (Å²) in [5.41, 5.74) is 0.445. The SMILES string of the molecule is Cc1cc(C(=O)NCCN2C(=O)C3C4C=CC(C4)C3C2=O)co1. The number of hydrogen-bond donors (Lipinski definition) is 1.